The molecule has 1 aromatic heterocycles. The first-order valence-corrected chi connectivity index (χ1v) is 6.84. The Hall–Kier alpha value is -2.08. The summed E-state index contributed by atoms with van der Waals surface area (Å²) in [6, 6.07) is 5.97. The average Bonchev–Trinajstić information content (AvgIpc) is 2.46. The molecule has 3 rings (SSSR count). The van der Waals surface area contributed by atoms with Crippen LogP contribution >= 0.6 is 11.8 Å². The number of nitrogens with one attached hydrogen (secondary N) is 2. The van der Waals surface area contributed by atoms with Crippen molar-refractivity contribution in [3.05, 3.63) is 42.5 Å². The van der Waals surface area contributed by atoms with Crippen LogP contribution in [0.2, 0.25) is 0 Å². The number of fused-ring (bicyclic) bond motifs is 1. The van der Waals surface area contributed by atoms with E-state index < -0.39 is 0 Å². The van der Waals surface area contributed by atoms with E-state index in [9.17, 15) is 4.79 Å². The lowest BCUT2D eigenvalue weighted by Gasteiger charge is -2.17. The van der Waals surface area contributed by atoms with Crippen molar-refractivity contribution in [2.24, 2.45) is 0 Å². The number of benzene rings is 1. The van der Waals surface area contributed by atoms with Crippen LogP contribution < -0.4 is 10.6 Å². The van der Waals surface area contributed by atoms with Crippen LogP contribution in [0.3, 0.4) is 0 Å². The van der Waals surface area contributed by atoms with E-state index in [1.807, 2.05) is 18.2 Å². The third-order valence-electron chi connectivity index (χ3n) is 2.72. The van der Waals surface area contributed by atoms with Gasteiger partial charge < -0.3 is 10.6 Å². The van der Waals surface area contributed by atoms with Gasteiger partial charge in [0.15, 0.2) is 0 Å². The van der Waals surface area contributed by atoms with E-state index in [0.29, 0.717) is 12.3 Å². The van der Waals surface area contributed by atoms with Gasteiger partial charge in [-0.2, -0.15) is 0 Å². The number of aromatic nitrogens is 2. The number of rotatable bonds is 3. The topological polar surface area (TPSA) is 66.9 Å². The van der Waals surface area contributed by atoms with E-state index in [-0.39, 0.29) is 5.91 Å². The van der Waals surface area contributed by atoms with Crippen LogP contribution in [0.15, 0.2) is 41.8 Å². The second kappa shape index (κ2) is 5.27. The van der Waals surface area contributed by atoms with Crippen molar-refractivity contribution >= 4 is 29.0 Å². The van der Waals surface area contributed by atoms with Crippen molar-refractivity contribution in [2.75, 3.05) is 16.4 Å². The van der Waals surface area contributed by atoms with Crippen molar-refractivity contribution in [1.82, 2.24) is 9.97 Å². The first-order valence-electron chi connectivity index (χ1n) is 5.86. The van der Waals surface area contributed by atoms with Crippen LogP contribution in [0.1, 0.15) is 5.56 Å². The van der Waals surface area contributed by atoms with Gasteiger partial charge in [-0.15, -0.1) is 11.8 Å². The molecule has 2 aromatic rings. The zero-order valence-electron chi connectivity index (χ0n) is 10.1. The third kappa shape index (κ3) is 2.85. The molecule has 1 aliphatic rings. The molecule has 0 saturated heterocycles. The Morgan fingerprint density at radius 1 is 1.32 bits per heavy atom. The zero-order valence-corrected chi connectivity index (χ0v) is 10.9. The monoisotopic (exact) mass is 272 g/mol. The highest BCUT2D eigenvalue weighted by Gasteiger charge is 2.15. The molecular weight excluding hydrogens is 260 g/mol. The molecule has 5 nitrogen and oxygen atoms in total. The van der Waals surface area contributed by atoms with Crippen LogP contribution in [0.25, 0.3) is 0 Å². The average molecular weight is 272 g/mol. The fourth-order valence-electron chi connectivity index (χ4n) is 1.82. The SMILES string of the molecule is O=C1CSc2ccc(NCc3cncnc3)cc2N1. The molecule has 0 fully saturated rings. The fourth-order valence-corrected chi connectivity index (χ4v) is 2.61. The smallest absolute Gasteiger partial charge is 0.234 e. The van der Waals surface area contributed by atoms with E-state index in [1.54, 1.807) is 24.2 Å². The summed E-state index contributed by atoms with van der Waals surface area (Å²) in [7, 11) is 0. The second-order valence-electron chi connectivity index (χ2n) is 4.15. The minimum atomic E-state index is 0.0473. The summed E-state index contributed by atoms with van der Waals surface area (Å²) in [6.07, 6.45) is 5.06. The molecule has 0 spiro atoms. The molecule has 1 aromatic carbocycles. The predicted octanol–water partition coefficient (Wildman–Crippen LogP) is 2.13. The Balaban J connectivity index is 1.72. The molecule has 0 saturated carbocycles. The molecule has 19 heavy (non-hydrogen) atoms. The Kier molecular flexibility index (Phi) is 3.33. The van der Waals surface area contributed by atoms with Gasteiger partial charge in [-0.3, -0.25) is 4.79 Å². The van der Waals surface area contributed by atoms with Gasteiger partial charge in [0.25, 0.3) is 0 Å². The van der Waals surface area contributed by atoms with Crippen molar-refractivity contribution < 1.29 is 4.79 Å². The first kappa shape index (κ1) is 12.0. The summed E-state index contributed by atoms with van der Waals surface area (Å²) in [5, 5.41) is 6.16. The lowest BCUT2D eigenvalue weighted by atomic mass is 10.2. The minimum absolute atomic E-state index is 0.0473. The second-order valence-corrected chi connectivity index (χ2v) is 5.17. The highest BCUT2D eigenvalue weighted by molar-refractivity contribution is 8.00. The van der Waals surface area contributed by atoms with E-state index in [4.69, 9.17) is 0 Å². The maximum absolute atomic E-state index is 11.3. The van der Waals surface area contributed by atoms with Gasteiger partial charge in [0.05, 0.1) is 11.4 Å². The lowest BCUT2D eigenvalue weighted by Crippen LogP contribution is -2.18. The zero-order chi connectivity index (χ0) is 13.1. The van der Waals surface area contributed by atoms with E-state index >= 15 is 0 Å². The molecular formula is C13H12N4OS. The minimum Gasteiger partial charge on any atom is -0.381 e. The Morgan fingerprint density at radius 3 is 3.00 bits per heavy atom. The van der Waals surface area contributed by atoms with Crippen molar-refractivity contribution in [3.63, 3.8) is 0 Å². The molecule has 0 atom stereocenters. The number of anilines is 2. The molecule has 1 aliphatic heterocycles. The number of carbonyl (C=O) groups is 1. The summed E-state index contributed by atoms with van der Waals surface area (Å²) in [6.45, 7) is 0.653. The van der Waals surface area contributed by atoms with E-state index in [2.05, 4.69) is 20.6 Å². The first-order chi connectivity index (χ1) is 9.31. The van der Waals surface area contributed by atoms with E-state index in [0.717, 1.165) is 21.8 Å². The number of amides is 1. The molecule has 0 aliphatic carbocycles. The van der Waals surface area contributed by atoms with Crippen LogP contribution in [-0.2, 0) is 11.3 Å². The van der Waals surface area contributed by atoms with E-state index in [1.165, 1.54) is 6.33 Å². The summed E-state index contributed by atoms with van der Waals surface area (Å²) >= 11 is 1.56. The van der Waals surface area contributed by atoms with Gasteiger partial charge >= 0.3 is 0 Å². The van der Waals surface area contributed by atoms with Crippen molar-refractivity contribution in [2.45, 2.75) is 11.4 Å². The maximum atomic E-state index is 11.3. The number of thioether (sulfide) groups is 1. The highest BCUT2D eigenvalue weighted by atomic mass is 32.2. The van der Waals surface area contributed by atoms with Gasteiger partial charge in [-0.1, -0.05) is 0 Å². The van der Waals surface area contributed by atoms with Crippen molar-refractivity contribution in [3.8, 4) is 0 Å². The predicted molar refractivity (Wildman–Crippen MR) is 75.2 cm³/mol. The van der Waals surface area contributed by atoms with Crippen LogP contribution in [0, 0.1) is 0 Å². The summed E-state index contributed by atoms with van der Waals surface area (Å²) in [5.41, 5.74) is 2.85. The molecule has 0 radical (unpaired) electrons. The summed E-state index contributed by atoms with van der Waals surface area (Å²) in [5.74, 6) is 0.535. The highest BCUT2D eigenvalue weighted by Crippen LogP contribution is 2.33. The molecule has 2 heterocycles. The molecule has 2 N–H and O–H groups in total. The molecule has 6 heteroatoms. The van der Waals surface area contributed by atoms with Gasteiger partial charge in [0.2, 0.25) is 5.91 Å². The van der Waals surface area contributed by atoms with Gasteiger partial charge in [-0.05, 0) is 18.2 Å². The van der Waals surface area contributed by atoms with Crippen molar-refractivity contribution in [1.29, 1.82) is 0 Å². The maximum Gasteiger partial charge on any atom is 0.234 e. The number of hydrogen-bond acceptors (Lipinski definition) is 5. The molecule has 96 valence electrons. The molecule has 0 bridgehead atoms. The van der Waals surface area contributed by atoms with Gasteiger partial charge in [0, 0.05) is 35.1 Å². The third-order valence-corrected chi connectivity index (χ3v) is 3.80. The Morgan fingerprint density at radius 2 is 2.16 bits per heavy atom. The number of hydrogen-bond donors (Lipinski definition) is 2. The van der Waals surface area contributed by atoms with Gasteiger partial charge in [-0.25, -0.2) is 9.97 Å². The molecule has 1 amide bonds. The van der Waals surface area contributed by atoms with Crippen LogP contribution in [0.4, 0.5) is 11.4 Å². The summed E-state index contributed by atoms with van der Waals surface area (Å²) < 4.78 is 0. The van der Waals surface area contributed by atoms with Crippen LogP contribution in [-0.4, -0.2) is 21.6 Å². The fraction of sp³-hybridized carbons (Fsp3) is 0.154. The van der Waals surface area contributed by atoms with Crippen LogP contribution in [0.5, 0.6) is 0 Å². The lowest BCUT2D eigenvalue weighted by molar-refractivity contribution is -0.113. The quantitative estimate of drug-likeness (QED) is 0.896. The largest absolute Gasteiger partial charge is 0.381 e. The van der Waals surface area contributed by atoms with Gasteiger partial charge in [0.1, 0.15) is 6.33 Å². The summed E-state index contributed by atoms with van der Waals surface area (Å²) in [4.78, 5) is 20.4. The number of carbonyl (C=O) groups excluding carboxylic acids is 1. The standard InChI is InChI=1S/C13H12N4OS/c18-13-7-19-12-2-1-10(3-11(12)17-13)16-6-9-4-14-8-15-5-9/h1-5,8,16H,6-7H2,(H,17,18). The Bertz CT molecular complexity index is 603. The Labute approximate surface area is 114 Å². The molecule has 0 unspecified atom stereocenters. The number of nitrogens with zero attached hydrogens (tertiary/aromatic N) is 2. The normalized spacial score (nSPS) is 13.6.